The summed E-state index contributed by atoms with van der Waals surface area (Å²) < 4.78 is 1.98. The van der Waals surface area contributed by atoms with Crippen LogP contribution in [0.15, 0.2) is 0 Å². The lowest BCUT2D eigenvalue weighted by Crippen LogP contribution is -2.57. The van der Waals surface area contributed by atoms with Crippen molar-refractivity contribution in [2.75, 3.05) is 7.05 Å². The summed E-state index contributed by atoms with van der Waals surface area (Å²) in [5.41, 5.74) is 0. The molecule has 3 heteroatoms. The first kappa shape index (κ1) is 13.7. The topological polar surface area (TPSA) is 20.3 Å². The molecule has 0 heterocycles. The molecule has 0 fully saturated rings. The summed E-state index contributed by atoms with van der Waals surface area (Å²) in [7, 11) is 0.266. The highest BCUT2D eigenvalue weighted by Crippen LogP contribution is 2.45. The Morgan fingerprint density at radius 3 is 1.86 bits per heavy atom. The van der Waals surface area contributed by atoms with Gasteiger partial charge in [0.05, 0.1) is 0 Å². The van der Waals surface area contributed by atoms with Crippen molar-refractivity contribution in [3.8, 4) is 0 Å². The van der Waals surface area contributed by atoms with Crippen molar-refractivity contribution in [3.63, 3.8) is 0 Å². The van der Waals surface area contributed by atoms with Gasteiger partial charge in [0.25, 0.3) is 0 Å². The van der Waals surface area contributed by atoms with Gasteiger partial charge in [0, 0.05) is 14.0 Å². The van der Waals surface area contributed by atoms with E-state index in [4.69, 9.17) is 0 Å². The van der Waals surface area contributed by atoms with E-state index >= 15 is 0 Å². The Bertz CT molecular complexity index is 221. The summed E-state index contributed by atoms with van der Waals surface area (Å²) in [6.07, 6.45) is 0. The zero-order valence-electron chi connectivity index (χ0n) is 10.9. The summed E-state index contributed by atoms with van der Waals surface area (Å²) in [5, 5.41) is 0.243. The van der Waals surface area contributed by atoms with Crippen LogP contribution < -0.4 is 0 Å². The molecule has 0 aromatic heterocycles. The first-order chi connectivity index (χ1) is 6.05. The van der Waals surface area contributed by atoms with E-state index in [-0.39, 0.29) is 10.9 Å². The Hall–Kier alpha value is -0.313. The van der Waals surface area contributed by atoms with E-state index in [0.717, 1.165) is 0 Å². The number of amides is 1. The fourth-order valence-electron chi connectivity index (χ4n) is 1.53. The highest BCUT2D eigenvalue weighted by atomic mass is 28.3. The molecule has 0 saturated heterocycles. The minimum Gasteiger partial charge on any atom is -0.372 e. The average Bonchev–Trinajstić information content (AvgIpc) is 2.01. The molecule has 0 N–H and O–H groups in total. The molecule has 0 aliphatic heterocycles. The van der Waals surface area contributed by atoms with Gasteiger partial charge in [-0.3, -0.25) is 4.79 Å². The third-order valence-corrected chi connectivity index (χ3v) is 10.1. The third kappa shape index (κ3) is 2.19. The van der Waals surface area contributed by atoms with Gasteiger partial charge < -0.3 is 4.57 Å². The zero-order valence-corrected chi connectivity index (χ0v) is 11.9. The summed E-state index contributed by atoms with van der Waals surface area (Å²) in [6, 6.07) is 0. The summed E-state index contributed by atoms with van der Waals surface area (Å²) in [5.74, 6) is 0.793. The number of rotatable bonds is 3. The van der Waals surface area contributed by atoms with Crippen molar-refractivity contribution in [2.24, 2.45) is 5.92 Å². The highest BCUT2D eigenvalue weighted by Gasteiger charge is 2.45. The van der Waals surface area contributed by atoms with Crippen molar-refractivity contribution in [1.82, 2.24) is 4.57 Å². The molecule has 0 unspecified atom stereocenters. The van der Waals surface area contributed by atoms with Crippen molar-refractivity contribution in [3.05, 3.63) is 0 Å². The van der Waals surface area contributed by atoms with Gasteiger partial charge in [0.15, 0.2) is 8.24 Å². The molecular formula is C11H25NOSi. The van der Waals surface area contributed by atoms with Crippen LogP contribution in [0.5, 0.6) is 0 Å². The van der Waals surface area contributed by atoms with Gasteiger partial charge in [-0.25, -0.2) is 0 Å². The van der Waals surface area contributed by atoms with E-state index in [1.54, 1.807) is 6.92 Å². The van der Waals surface area contributed by atoms with Crippen molar-refractivity contribution in [2.45, 2.75) is 52.8 Å². The summed E-state index contributed by atoms with van der Waals surface area (Å²) in [6.45, 7) is 15.2. The van der Waals surface area contributed by atoms with E-state index in [1.165, 1.54) is 0 Å². The minimum absolute atomic E-state index is 0.190. The lowest BCUT2D eigenvalue weighted by Gasteiger charge is -2.48. The highest BCUT2D eigenvalue weighted by molar-refractivity contribution is 6.79. The van der Waals surface area contributed by atoms with E-state index in [0.29, 0.717) is 5.92 Å². The molecule has 0 rings (SSSR count). The number of hydrogen-bond donors (Lipinski definition) is 0. The fraction of sp³-hybridized carbons (Fsp3) is 0.909. The van der Waals surface area contributed by atoms with Crippen LogP contribution in [-0.4, -0.2) is 25.8 Å². The minimum atomic E-state index is -1.68. The zero-order chi connectivity index (χ0) is 11.7. The molecule has 0 aromatic rings. The quantitative estimate of drug-likeness (QED) is 0.662. The molecule has 0 aliphatic rings. The molecule has 84 valence electrons. The van der Waals surface area contributed by atoms with Crippen molar-refractivity contribution in [1.29, 1.82) is 0 Å². The molecule has 0 spiro atoms. The van der Waals surface area contributed by atoms with Crippen LogP contribution in [0.2, 0.25) is 18.1 Å². The largest absolute Gasteiger partial charge is 0.372 e. The Labute approximate surface area is 89.8 Å². The van der Waals surface area contributed by atoms with Crippen LogP contribution in [0.25, 0.3) is 0 Å². The molecule has 1 amide bonds. The molecular weight excluding hydrogens is 190 g/mol. The second kappa shape index (κ2) is 4.05. The first-order valence-electron chi connectivity index (χ1n) is 5.29. The van der Waals surface area contributed by atoms with Crippen molar-refractivity contribution >= 4 is 14.1 Å². The maximum absolute atomic E-state index is 11.4. The smallest absolute Gasteiger partial charge is 0.211 e. The van der Waals surface area contributed by atoms with Gasteiger partial charge >= 0.3 is 0 Å². The second-order valence-corrected chi connectivity index (χ2v) is 10.6. The van der Waals surface area contributed by atoms with Gasteiger partial charge in [-0.2, -0.15) is 0 Å². The first-order valence-corrected chi connectivity index (χ1v) is 8.24. The maximum atomic E-state index is 11.4. The Morgan fingerprint density at radius 2 is 1.64 bits per heavy atom. The van der Waals surface area contributed by atoms with Crippen LogP contribution in [0.1, 0.15) is 34.6 Å². The molecule has 0 saturated carbocycles. The molecule has 2 nitrogen and oxygen atoms in total. The van der Waals surface area contributed by atoms with Gasteiger partial charge in [-0.1, -0.05) is 40.8 Å². The standard InChI is InChI=1S/C11H25NOSi/c1-9(2)11(4,5)14(7,8)12(6)10(3)13/h9H,1-8H3. The molecule has 0 aliphatic carbocycles. The lowest BCUT2D eigenvalue weighted by atomic mass is 9.99. The number of carbonyl (C=O) groups excluding carboxylic acids is 1. The second-order valence-electron chi connectivity index (χ2n) is 5.51. The number of hydrogen-bond acceptors (Lipinski definition) is 1. The van der Waals surface area contributed by atoms with Crippen molar-refractivity contribution < 1.29 is 4.79 Å². The predicted octanol–water partition coefficient (Wildman–Crippen LogP) is 3.11. The normalized spacial score (nSPS) is 13.2. The van der Waals surface area contributed by atoms with E-state index < -0.39 is 8.24 Å². The van der Waals surface area contributed by atoms with Crippen LogP contribution in [0.3, 0.4) is 0 Å². The van der Waals surface area contributed by atoms with Gasteiger partial charge in [0.2, 0.25) is 5.91 Å². The average molecular weight is 215 g/mol. The summed E-state index contributed by atoms with van der Waals surface area (Å²) >= 11 is 0. The molecule has 14 heavy (non-hydrogen) atoms. The fourth-order valence-corrected chi connectivity index (χ4v) is 4.60. The van der Waals surface area contributed by atoms with Crippen LogP contribution in [-0.2, 0) is 4.79 Å². The SMILES string of the molecule is CC(=O)N(C)[Si](C)(C)C(C)(C)C(C)C. The Morgan fingerprint density at radius 1 is 1.29 bits per heavy atom. The van der Waals surface area contributed by atoms with Crippen LogP contribution in [0, 0.1) is 5.92 Å². The van der Waals surface area contributed by atoms with E-state index in [1.807, 2.05) is 11.6 Å². The van der Waals surface area contributed by atoms with Gasteiger partial charge in [-0.15, -0.1) is 0 Å². The van der Waals surface area contributed by atoms with Gasteiger partial charge in [-0.05, 0) is 11.0 Å². The van der Waals surface area contributed by atoms with Gasteiger partial charge in [0.1, 0.15) is 0 Å². The number of carbonyl (C=O) groups is 1. The van der Waals surface area contributed by atoms with E-state index in [9.17, 15) is 4.79 Å². The third-order valence-electron chi connectivity index (χ3n) is 4.33. The molecule has 0 atom stereocenters. The Kier molecular flexibility index (Phi) is 3.96. The van der Waals surface area contributed by atoms with Crippen LogP contribution in [0.4, 0.5) is 0 Å². The lowest BCUT2D eigenvalue weighted by molar-refractivity contribution is -0.124. The molecule has 0 bridgehead atoms. The van der Waals surface area contributed by atoms with E-state index in [2.05, 4.69) is 40.8 Å². The maximum Gasteiger partial charge on any atom is 0.211 e. The molecule has 0 radical (unpaired) electrons. The number of nitrogens with zero attached hydrogens (tertiary/aromatic N) is 1. The monoisotopic (exact) mass is 215 g/mol. The Balaban J connectivity index is 5.03. The molecule has 0 aromatic carbocycles. The predicted molar refractivity (Wildman–Crippen MR) is 64.8 cm³/mol. The van der Waals surface area contributed by atoms with Crippen LogP contribution >= 0.6 is 0 Å². The summed E-state index contributed by atoms with van der Waals surface area (Å²) in [4.78, 5) is 11.4.